The molecule has 0 saturated carbocycles. The van der Waals surface area contributed by atoms with Gasteiger partial charge in [0.2, 0.25) is 0 Å². The van der Waals surface area contributed by atoms with Crippen LogP contribution in [0.25, 0.3) is 0 Å². The molecule has 0 saturated heterocycles. The second-order valence-corrected chi connectivity index (χ2v) is 2.39. The molecule has 0 aliphatic carbocycles. The number of oxime groups is 1. The van der Waals surface area contributed by atoms with Crippen LogP contribution in [0, 0.1) is 21.4 Å². The second kappa shape index (κ2) is 4.00. The molecule has 70 valence electrons. The van der Waals surface area contributed by atoms with Crippen LogP contribution in [-0.4, -0.2) is 16.3 Å². The highest BCUT2D eigenvalue weighted by Gasteiger charge is 2.12. The molecule has 0 atom stereocenters. The molecule has 0 heterocycles. The first-order valence-corrected chi connectivity index (χ1v) is 3.55. The molecule has 6 heteroatoms. The van der Waals surface area contributed by atoms with Gasteiger partial charge in [-0.25, -0.2) is 0 Å². The fourth-order valence-corrected chi connectivity index (χ4v) is 0.943. The molecule has 1 N–H and O–H groups in total. The van der Waals surface area contributed by atoms with E-state index in [1.165, 1.54) is 12.1 Å². The van der Waals surface area contributed by atoms with Crippen molar-refractivity contribution >= 4 is 11.9 Å². The molecule has 0 aliphatic rings. The second-order valence-electron chi connectivity index (χ2n) is 2.39. The maximum atomic E-state index is 10.5. The normalized spacial score (nSPS) is 9.93. The number of nitrogens with zero attached hydrogens (tertiary/aromatic N) is 3. The summed E-state index contributed by atoms with van der Waals surface area (Å²) in [4.78, 5) is 9.88. The Morgan fingerprint density at radius 1 is 1.64 bits per heavy atom. The number of hydrogen-bond acceptors (Lipinski definition) is 5. The first-order valence-electron chi connectivity index (χ1n) is 3.55. The van der Waals surface area contributed by atoms with Gasteiger partial charge in [-0.1, -0.05) is 5.16 Å². The van der Waals surface area contributed by atoms with Crippen molar-refractivity contribution in [2.24, 2.45) is 5.16 Å². The molecule has 0 fully saturated rings. The first kappa shape index (κ1) is 9.67. The third kappa shape index (κ3) is 1.84. The summed E-state index contributed by atoms with van der Waals surface area (Å²) in [5.41, 5.74) is 0.0742. The number of benzene rings is 1. The standard InChI is InChI=1S/C8H5N3O3/c9-4-6-1-2-7(5-10-12)8(3-6)11(13)14/h1-3,5,12H. The van der Waals surface area contributed by atoms with Crippen LogP contribution in [0.2, 0.25) is 0 Å². The van der Waals surface area contributed by atoms with E-state index in [9.17, 15) is 10.1 Å². The van der Waals surface area contributed by atoms with Crippen LogP contribution in [0.3, 0.4) is 0 Å². The van der Waals surface area contributed by atoms with E-state index in [1.807, 2.05) is 0 Å². The number of rotatable bonds is 2. The molecule has 0 unspecified atom stereocenters. The molecular formula is C8H5N3O3. The van der Waals surface area contributed by atoms with E-state index >= 15 is 0 Å². The van der Waals surface area contributed by atoms with Crippen LogP contribution in [0.15, 0.2) is 23.4 Å². The molecule has 0 bridgehead atoms. The fourth-order valence-electron chi connectivity index (χ4n) is 0.943. The Kier molecular flexibility index (Phi) is 2.76. The summed E-state index contributed by atoms with van der Waals surface area (Å²) in [5, 5.41) is 30.0. The van der Waals surface area contributed by atoms with Gasteiger partial charge in [0.25, 0.3) is 5.69 Å². The fraction of sp³-hybridized carbons (Fsp3) is 0. The van der Waals surface area contributed by atoms with E-state index in [0.29, 0.717) is 0 Å². The summed E-state index contributed by atoms with van der Waals surface area (Å²) in [5.74, 6) is 0. The lowest BCUT2D eigenvalue weighted by Crippen LogP contribution is -1.95. The van der Waals surface area contributed by atoms with Gasteiger partial charge < -0.3 is 5.21 Å². The quantitative estimate of drug-likeness (QED) is 0.329. The zero-order valence-electron chi connectivity index (χ0n) is 6.91. The van der Waals surface area contributed by atoms with Gasteiger partial charge in [0, 0.05) is 6.07 Å². The van der Waals surface area contributed by atoms with Gasteiger partial charge in [-0.05, 0) is 12.1 Å². The van der Waals surface area contributed by atoms with Crippen LogP contribution < -0.4 is 0 Å². The number of nitriles is 1. The first-order chi connectivity index (χ1) is 6.69. The maximum Gasteiger partial charge on any atom is 0.279 e. The minimum atomic E-state index is -0.641. The van der Waals surface area contributed by atoms with Gasteiger partial charge in [0.1, 0.15) is 0 Å². The third-order valence-corrected chi connectivity index (χ3v) is 1.55. The monoisotopic (exact) mass is 191 g/mol. The molecule has 1 rings (SSSR count). The summed E-state index contributed by atoms with van der Waals surface area (Å²) in [6.45, 7) is 0. The van der Waals surface area contributed by atoms with E-state index in [0.717, 1.165) is 12.3 Å². The van der Waals surface area contributed by atoms with Gasteiger partial charge in [0.15, 0.2) is 0 Å². The van der Waals surface area contributed by atoms with Gasteiger partial charge >= 0.3 is 0 Å². The number of hydrogen-bond donors (Lipinski definition) is 1. The van der Waals surface area contributed by atoms with Crippen LogP contribution in [0.4, 0.5) is 5.69 Å². The van der Waals surface area contributed by atoms with Crippen LogP contribution in [0.5, 0.6) is 0 Å². The Morgan fingerprint density at radius 3 is 2.86 bits per heavy atom. The van der Waals surface area contributed by atoms with Crippen LogP contribution >= 0.6 is 0 Å². The minimum Gasteiger partial charge on any atom is -0.411 e. The molecule has 0 amide bonds. The predicted octanol–water partition coefficient (Wildman–Crippen LogP) is 1.27. The molecule has 14 heavy (non-hydrogen) atoms. The van der Waals surface area contributed by atoms with Crippen molar-refractivity contribution in [1.29, 1.82) is 5.26 Å². The Labute approximate surface area is 78.9 Å². The number of nitro groups is 1. The summed E-state index contributed by atoms with van der Waals surface area (Å²) >= 11 is 0. The largest absolute Gasteiger partial charge is 0.411 e. The van der Waals surface area contributed by atoms with E-state index < -0.39 is 4.92 Å². The van der Waals surface area contributed by atoms with Crippen molar-refractivity contribution in [1.82, 2.24) is 0 Å². The Hall–Kier alpha value is -2.42. The zero-order chi connectivity index (χ0) is 10.6. The summed E-state index contributed by atoms with van der Waals surface area (Å²) in [6.07, 6.45) is 0.944. The lowest BCUT2D eigenvalue weighted by Gasteiger charge is -1.95. The van der Waals surface area contributed by atoms with Gasteiger partial charge in [0.05, 0.1) is 28.3 Å². The number of nitro benzene ring substituents is 1. The summed E-state index contributed by atoms with van der Waals surface area (Å²) in [6, 6.07) is 5.65. The van der Waals surface area contributed by atoms with Crippen molar-refractivity contribution in [3.63, 3.8) is 0 Å². The van der Waals surface area contributed by atoms with Gasteiger partial charge in [-0.3, -0.25) is 10.1 Å². The predicted molar refractivity (Wildman–Crippen MR) is 47.2 cm³/mol. The summed E-state index contributed by atoms with van der Waals surface area (Å²) in [7, 11) is 0. The molecule has 1 aromatic rings. The molecule has 6 nitrogen and oxygen atoms in total. The average Bonchev–Trinajstić information content (AvgIpc) is 2.18. The SMILES string of the molecule is N#Cc1ccc(C=NO)c([N+](=O)[O-])c1. The molecule has 0 spiro atoms. The van der Waals surface area contributed by atoms with Gasteiger partial charge in [-0.15, -0.1) is 0 Å². The maximum absolute atomic E-state index is 10.5. The van der Waals surface area contributed by atoms with Crippen molar-refractivity contribution in [3.8, 4) is 6.07 Å². The summed E-state index contributed by atoms with van der Waals surface area (Å²) < 4.78 is 0. The lowest BCUT2D eigenvalue weighted by atomic mass is 10.1. The van der Waals surface area contributed by atoms with Crippen molar-refractivity contribution in [2.75, 3.05) is 0 Å². The zero-order valence-corrected chi connectivity index (χ0v) is 6.91. The molecule has 1 aromatic carbocycles. The highest BCUT2D eigenvalue weighted by atomic mass is 16.6. The smallest absolute Gasteiger partial charge is 0.279 e. The highest BCUT2D eigenvalue weighted by molar-refractivity contribution is 5.85. The Morgan fingerprint density at radius 2 is 2.36 bits per heavy atom. The Balaban J connectivity index is 3.32. The molecule has 0 aromatic heterocycles. The topological polar surface area (TPSA) is 99.5 Å². The van der Waals surface area contributed by atoms with Crippen LogP contribution in [-0.2, 0) is 0 Å². The van der Waals surface area contributed by atoms with Gasteiger partial charge in [-0.2, -0.15) is 5.26 Å². The molecule has 0 aliphatic heterocycles. The highest BCUT2D eigenvalue weighted by Crippen LogP contribution is 2.18. The van der Waals surface area contributed by atoms with E-state index in [1.54, 1.807) is 6.07 Å². The minimum absolute atomic E-state index is 0.150. The molecular weight excluding hydrogens is 186 g/mol. The average molecular weight is 191 g/mol. The Bertz CT molecular complexity index is 434. The van der Waals surface area contributed by atoms with E-state index in [-0.39, 0.29) is 16.8 Å². The van der Waals surface area contributed by atoms with E-state index in [4.69, 9.17) is 10.5 Å². The van der Waals surface area contributed by atoms with Crippen molar-refractivity contribution < 1.29 is 10.1 Å². The lowest BCUT2D eigenvalue weighted by molar-refractivity contribution is -0.385. The van der Waals surface area contributed by atoms with Crippen LogP contribution in [0.1, 0.15) is 11.1 Å². The van der Waals surface area contributed by atoms with Crippen molar-refractivity contribution in [2.45, 2.75) is 0 Å². The van der Waals surface area contributed by atoms with Crippen molar-refractivity contribution in [3.05, 3.63) is 39.4 Å². The van der Waals surface area contributed by atoms with E-state index in [2.05, 4.69) is 5.16 Å². The third-order valence-electron chi connectivity index (χ3n) is 1.55. The molecule has 0 radical (unpaired) electrons.